The van der Waals surface area contributed by atoms with Gasteiger partial charge in [0.25, 0.3) is 5.91 Å². The van der Waals surface area contributed by atoms with Gasteiger partial charge in [0.05, 0.1) is 11.6 Å². The average Bonchev–Trinajstić information content (AvgIpc) is 3.50. The van der Waals surface area contributed by atoms with Crippen molar-refractivity contribution >= 4 is 34.5 Å². The fourth-order valence-electron chi connectivity index (χ4n) is 5.92. The van der Waals surface area contributed by atoms with Crippen LogP contribution in [0.4, 0.5) is 0 Å². The van der Waals surface area contributed by atoms with Crippen LogP contribution < -0.4 is 5.32 Å². The third kappa shape index (κ3) is 6.66. The van der Waals surface area contributed by atoms with Gasteiger partial charge >= 0.3 is 0 Å². The summed E-state index contributed by atoms with van der Waals surface area (Å²) >= 11 is 0. The Kier molecular flexibility index (Phi) is 9.84. The molecule has 4 rings (SSSR count). The van der Waals surface area contributed by atoms with E-state index in [0.29, 0.717) is 51.0 Å². The third-order valence-corrected chi connectivity index (χ3v) is 7.92. The number of aryl methyl sites for hydroxylation is 1. The van der Waals surface area contributed by atoms with Gasteiger partial charge in [-0.2, -0.15) is 0 Å². The molecule has 10 nitrogen and oxygen atoms in total. The second-order valence-electron chi connectivity index (χ2n) is 11.4. The van der Waals surface area contributed by atoms with Gasteiger partial charge in [0, 0.05) is 70.4 Å². The Morgan fingerprint density at radius 2 is 1.77 bits per heavy atom. The summed E-state index contributed by atoms with van der Waals surface area (Å²) in [6.07, 6.45) is 4.66. The summed E-state index contributed by atoms with van der Waals surface area (Å²) in [5.74, 6) is -0.283. The SMILES string of the molecule is COCC(=O)N1CCCCNC(=O)[C@@H]2C[C@@H](CN2C(=O)c2cn(C)c3ccccc23)N(C(=O)CC(C)C)CCC1. The summed E-state index contributed by atoms with van der Waals surface area (Å²) in [6.45, 7) is 6.32. The molecule has 2 aliphatic heterocycles. The maximum atomic E-state index is 14.0. The lowest BCUT2D eigenvalue weighted by atomic mass is 10.1. The van der Waals surface area contributed by atoms with Crippen LogP contribution in [0.2, 0.25) is 0 Å². The van der Waals surface area contributed by atoms with E-state index >= 15 is 0 Å². The number of ether oxygens (including phenoxy) is 1. The van der Waals surface area contributed by atoms with Crippen molar-refractivity contribution in [3.63, 3.8) is 0 Å². The van der Waals surface area contributed by atoms with Gasteiger partial charge in [0.15, 0.2) is 0 Å². The summed E-state index contributed by atoms with van der Waals surface area (Å²) in [6, 6.07) is 6.80. The number of hydrogen-bond acceptors (Lipinski definition) is 5. The first kappa shape index (κ1) is 29.6. The van der Waals surface area contributed by atoms with E-state index in [1.165, 1.54) is 7.11 Å². The fraction of sp³-hybridized carbons (Fsp3) is 0.600. The minimum absolute atomic E-state index is 0.0143. The largest absolute Gasteiger partial charge is 0.375 e. The molecule has 2 aromatic rings. The normalized spacial score (nSPS) is 21.0. The third-order valence-electron chi connectivity index (χ3n) is 7.92. The van der Waals surface area contributed by atoms with Crippen molar-refractivity contribution in [2.24, 2.45) is 13.0 Å². The number of hydrogen-bond donors (Lipinski definition) is 1. The van der Waals surface area contributed by atoms with Crippen molar-refractivity contribution in [1.82, 2.24) is 24.6 Å². The number of benzene rings is 1. The molecule has 0 aliphatic carbocycles. The van der Waals surface area contributed by atoms with Gasteiger partial charge in [-0.25, -0.2) is 0 Å². The topological polar surface area (TPSA) is 104 Å². The first-order valence-corrected chi connectivity index (χ1v) is 14.4. The summed E-state index contributed by atoms with van der Waals surface area (Å²) in [4.78, 5) is 58.9. The van der Waals surface area contributed by atoms with Crippen LogP contribution in [-0.4, -0.2) is 101 Å². The summed E-state index contributed by atoms with van der Waals surface area (Å²) < 4.78 is 7.00. The number of likely N-dealkylation sites (tertiary alicyclic amines) is 1. The lowest BCUT2D eigenvalue weighted by Crippen LogP contribution is -2.46. The zero-order valence-corrected chi connectivity index (χ0v) is 24.2. The number of rotatable bonds is 5. The predicted octanol–water partition coefficient (Wildman–Crippen LogP) is 2.41. The van der Waals surface area contributed by atoms with Crippen LogP contribution in [0, 0.1) is 5.92 Å². The van der Waals surface area contributed by atoms with E-state index in [4.69, 9.17) is 4.74 Å². The zero-order valence-electron chi connectivity index (χ0n) is 24.2. The smallest absolute Gasteiger partial charge is 0.256 e. The molecule has 0 spiro atoms. The highest BCUT2D eigenvalue weighted by molar-refractivity contribution is 6.08. The van der Waals surface area contributed by atoms with Crippen LogP contribution in [0.3, 0.4) is 0 Å². The Labute approximate surface area is 236 Å². The van der Waals surface area contributed by atoms with Gasteiger partial charge < -0.3 is 29.3 Å². The van der Waals surface area contributed by atoms with E-state index in [2.05, 4.69) is 5.32 Å². The van der Waals surface area contributed by atoms with Crippen molar-refractivity contribution in [3.8, 4) is 0 Å². The van der Waals surface area contributed by atoms with E-state index in [1.807, 2.05) is 60.8 Å². The number of methoxy groups -OCH3 is 1. The summed E-state index contributed by atoms with van der Waals surface area (Å²) in [5.41, 5.74) is 1.50. The van der Waals surface area contributed by atoms with Gasteiger partial charge in [-0.3, -0.25) is 19.2 Å². The molecule has 1 aromatic heterocycles. The molecule has 2 atom stereocenters. The van der Waals surface area contributed by atoms with E-state index in [1.54, 1.807) is 9.80 Å². The molecule has 0 radical (unpaired) electrons. The number of carbonyl (C=O) groups excluding carboxylic acids is 4. The monoisotopic (exact) mass is 553 g/mol. The van der Waals surface area contributed by atoms with Crippen LogP contribution >= 0.6 is 0 Å². The Morgan fingerprint density at radius 3 is 2.52 bits per heavy atom. The second-order valence-corrected chi connectivity index (χ2v) is 11.4. The maximum absolute atomic E-state index is 14.0. The van der Waals surface area contributed by atoms with Crippen molar-refractivity contribution in [2.75, 3.05) is 46.4 Å². The first-order chi connectivity index (χ1) is 19.2. The van der Waals surface area contributed by atoms with Crippen molar-refractivity contribution in [2.45, 2.75) is 58.0 Å². The molecule has 2 aliphatic rings. The zero-order chi connectivity index (χ0) is 28.8. The van der Waals surface area contributed by atoms with Crippen LogP contribution in [0.5, 0.6) is 0 Å². The average molecular weight is 554 g/mol. The number of nitrogens with one attached hydrogen (secondary N) is 1. The highest BCUT2D eigenvalue weighted by Gasteiger charge is 2.43. The van der Waals surface area contributed by atoms with Crippen molar-refractivity contribution in [3.05, 3.63) is 36.0 Å². The summed E-state index contributed by atoms with van der Waals surface area (Å²) in [7, 11) is 3.41. The van der Waals surface area contributed by atoms with Crippen LogP contribution in [0.25, 0.3) is 10.9 Å². The molecule has 218 valence electrons. The quantitative estimate of drug-likeness (QED) is 0.613. The molecule has 0 saturated carbocycles. The lowest BCUT2D eigenvalue weighted by Gasteiger charge is -2.31. The molecule has 0 unspecified atom stereocenters. The predicted molar refractivity (Wildman–Crippen MR) is 153 cm³/mol. The van der Waals surface area contributed by atoms with Gasteiger partial charge in [-0.05, 0) is 37.7 Å². The van der Waals surface area contributed by atoms with Gasteiger partial charge in [-0.1, -0.05) is 32.0 Å². The molecule has 1 N–H and O–H groups in total. The highest BCUT2D eigenvalue weighted by Crippen LogP contribution is 2.29. The maximum Gasteiger partial charge on any atom is 0.256 e. The van der Waals surface area contributed by atoms with Gasteiger partial charge in [-0.15, -0.1) is 0 Å². The number of amides is 4. The Balaban J connectivity index is 1.63. The minimum Gasteiger partial charge on any atom is -0.375 e. The molecular formula is C30H43N5O5. The molecule has 2 fully saturated rings. The Hall–Kier alpha value is -3.40. The molecule has 2 saturated heterocycles. The molecular weight excluding hydrogens is 510 g/mol. The molecule has 3 heterocycles. The van der Waals surface area contributed by atoms with E-state index in [9.17, 15) is 19.2 Å². The standard InChI is InChI=1S/C30H43N5O5/c1-21(2)16-27(36)34-15-9-14-33(28(37)20-40-4)13-8-7-12-31-29(38)26-17-22(34)18-35(26)30(39)24-19-32(3)25-11-6-5-10-23(24)25/h5-6,10-11,19,21-22,26H,7-9,12-18,20H2,1-4H3,(H,31,38)/t22-,26-/m0/s1. The minimum atomic E-state index is -0.659. The number of aromatic nitrogens is 1. The highest BCUT2D eigenvalue weighted by atomic mass is 16.5. The molecule has 2 bridgehead atoms. The van der Waals surface area contributed by atoms with Gasteiger partial charge in [0.2, 0.25) is 17.7 Å². The molecule has 10 heteroatoms. The number of fused-ring (bicyclic) bond motifs is 3. The fourth-order valence-corrected chi connectivity index (χ4v) is 5.92. The first-order valence-electron chi connectivity index (χ1n) is 14.4. The van der Waals surface area contributed by atoms with E-state index in [0.717, 1.165) is 23.7 Å². The van der Waals surface area contributed by atoms with Crippen LogP contribution in [0.15, 0.2) is 30.5 Å². The van der Waals surface area contributed by atoms with Crippen molar-refractivity contribution < 1.29 is 23.9 Å². The summed E-state index contributed by atoms with van der Waals surface area (Å²) in [5, 5.41) is 3.86. The number of nitrogens with zero attached hydrogens (tertiary/aromatic N) is 4. The van der Waals surface area contributed by atoms with Crippen molar-refractivity contribution in [1.29, 1.82) is 0 Å². The van der Waals surface area contributed by atoms with Gasteiger partial charge in [0.1, 0.15) is 12.6 Å². The molecule has 4 amide bonds. The Morgan fingerprint density at radius 1 is 1.02 bits per heavy atom. The Bertz CT molecular complexity index is 1220. The van der Waals surface area contributed by atoms with E-state index < -0.39 is 6.04 Å². The van der Waals surface area contributed by atoms with E-state index in [-0.39, 0.29) is 48.7 Å². The van der Waals surface area contributed by atoms with Crippen LogP contribution in [0.1, 0.15) is 56.3 Å². The van der Waals surface area contributed by atoms with Crippen LogP contribution in [-0.2, 0) is 26.2 Å². The number of para-hydroxylation sites is 1. The lowest BCUT2D eigenvalue weighted by molar-refractivity contribution is -0.136. The molecule has 1 aromatic carbocycles. The second kappa shape index (κ2) is 13.3. The molecule has 40 heavy (non-hydrogen) atoms. The number of carbonyl (C=O) groups is 4.